The predicted octanol–water partition coefficient (Wildman–Crippen LogP) is 3.99. The first-order chi connectivity index (χ1) is 12.4. The summed E-state index contributed by atoms with van der Waals surface area (Å²) in [6.45, 7) is 2.29. The van der Waals surface area contributed by atoms with Crippen LogP contribution >= 0.6 is 15.9 Å². The number of hydrogen-bond donors (Lipinski definition) is 2. The predicted molar refractivity (Wildman–Crippen MR) is 102 cm³/mol. The highest BCUT2D eigenvalue weighted by atomic mass is 79.9. The number of halogens is 1. The molecule has 134 valence electrons. The number of phenols is 1. The summed E-state index contributed by atoms with van der Waals surface area (Å²) in [5, 5.41) is 20.6. The fourth-order valence-corrected chi connectivity index (χ4v) is 3.42. The van der Waals surface area contributed by atoms with Crippen molar-refractivity contribution in [3.05, 3.63) is 69.7 Å². The number of aliphatic hydroxyl groups excluding tert-OH is 1. The van der Waals surface area contributed by atoms with E-state index in [4.69, 9.17) is 0 Å². The number of phenolic OH excluding ortho intramolecular Hbond substituents is 1. The zero-order valence-corrected chi connectivity index (χ0v) is 15.7. The molecular weight excluding hydrogens is 398 g/mol. The minimum atomic E-state index is -0.731. The zero-order chi connectivity index (χ0) is 18.8. The highest BCUT2D eigenvalue weighted by Crippen LogP contribution is 2.40. The monoisotopic (exact) mass is 415 g/mol. The molecular formula is C20H18BrNO4. The number of benzene rings is 2. The van der Waals surface area contributed by atoms with Gasteiger partial charge in [0.15, 0.2) is 0 Å². The van der Waals surface area contributed by atoms with Crippen LogP contribution in [0.4, 0.5) is 0 Å². The van der Waals surface area contributed by atoms with E-state index >= 15 is 0 Å². The normalized spacial score (nSPS) is 19.2. The molecule has 2 aromatic carbocycles. The maximum Gasteiger partial charge on any atom is 0.295 e. The SMILES string of the molecule is CCCN1C(=O)C(=O)/C(=C(\O)c2ccc(Br)cc2)C1c1cccc(O)c1. The van der Waals surface area contributed by atoms with Crippen LogP contribution in [0.3, 0.4) is 0 Å². The van der Waals surface area contributed by atoms with Crippen LogP contribution in [0, 0.1) is 0 Å². The lowest BCUT2D eigenvalue weighted by atomic mass is 9.95. The topological polar surface area (TPSA) is 77.8 Å². The molecule has 0 spiro atoms. The number of carbonyl (C=O) groups is 2. The molecule has 1 heterocycles. The van der Waals surface area contributed by atoms with Crippen molar-refractivity contribution >= 4 is 33.4 Å². The van der Waals surface area contributed by atoms with Crippen molar-refractivity contribution in [2.75, 3.05) is 6.54 Å². The Labute approximate surface area is 159 Å². The lowest BCUT2D eigenvalue weighted by Crippen LogP contribution is -2.30. The van der Waals surface area contributed by atoms with Gasteiger partial charge in [-0.25, -0.2) is 0 Å². The quantitative estimate of drug-likeness (QED) is 0.449. The van der Waals surface area contributed by atoms with E-state index in [1.807, 2.05) is 6.92 Å². The standard InChI is InChI=1S/C20H18BrNO4/c1-2-10-22-17(13-4-3-5-15(23)11-13)16(19(25)20(22)26)18(24)12-6-8-14(21)9-7-12/h3-9,11,17,23-24H,2,10H2,1H3/b18-16-. The number of aliphatic hydroxyl groups is 1. The van der Waals surface area contributed by atoms with E-state index in [0.29, 0.717) is 24.1 Å². The Balaban J connectivity index is 2.19. The van der Waals surface area contributed by atoms with Gasteiger partial charge in [-0.15, -0.1) is 0 Å². The van der Waals surface area contributed by atoms with Gasteiger partial charge in [0.2, 0.25) is 0 Å². The third kappa shape index (κ3) is 3.24. The van der Waals surface area contributed by atoms with Crippen LogP contribution < -0.4 is 0 Å². The molecule has 1 aliphatic rings. The van der Waals surface area contributed by atoms with Crippen molar-refractivity contribution in [2.24, 2.45) is 0 Å². The molecule has 2 aromatic rings. The molecule has 26 heavy (non-hydrogen) atoms. The summed E-state index contributed by atoms with van der Waals surface area (Å²) in [6.07, 6.45) is 0.667. The Morgan fingerprint density at radius 2 is 1.85 bits per heavy atom. The molecule has 1 saturated heterocycles. The van der Waals surface area contributed by atoms with Gasteiger partial charge < -0.3 is 15.1 Å². The molecule has 5 nitrogen and oxygen atoms in total. The third-order valence-corrected chi connectivity index (χ3v) is 4.84. The first-order valence-electron chi connectivity index (χ1n) is 8.27. The molecule has 2 N–H and O–H groups in total. The molecule has 0 aliphatic carbocycles. The van der Waals surface area contributed by atoms with Gasteiger partial charge in [-0.05, 0) is 36.2 Å². The highest BCUT2D eigenvalue weighted by molar-refractivity contribution is 9.10. The smallest absolute Gasteiger partial charge is 0.295 e. The number of carbonyl (C=O) groups excluding carboxylic acids is 2. The van der Waals surface area contributed by atoms with Crippen LogP contribution in [-0.4, -0.2) is 33.3 Å². The third-order valence-electron chi connectivity index (χ3n) is 4.31. The van der Waals surface area contributed by atoms with Gasteiger partial charge in [0.1, 0.15) is 11.5 Å². The number of hydrogen-bond acceptors (Lipinski definition) is 4. The van der Waals surface area contributed by atoms with Crippen LogP contribution in [0.2, 0.25) is 0 Å². The summed E-state index contributed by atoms with van der Waals surface area (Å²) in [7, 11) is 0. The second-order valence-corrected chi connectivity index (χ2v) is 7.01. The van der Waals surface area contributed by atoms with Gasteiger partial charge in [0.25, 0.3) is 11.7 Å². The summed E-state index contributed by atoms with van der Waals surface area (Å²) in [4.78, 5) is 26.6. The minimum Gasteiger partial charge on any atom is -0.508 e. The first-order valence-corrected chi connectivity index (χ1v) is 9.06. The van der Waals surface area contributed by atoms with E-state index in [9.17, 15) is 19.8 Å². The Morgan fingerprint density at radius 3 is 2.46 bits per heavy atom. The number of amides is 1. The molecule has 0 bridgehead atoms. The van der Waals surface area contributed by atoms with E-state index in [1.165, 1.54) is 17.0 Å². The number of ketones is 1. The summed E-state index contributed by atoms with van der Waals surface area (Å²) >= 11 is 3.33. The second-order valence-electron chi connectivity index (χ2n) is 6.09. The van der Waals surface area contributed by atoms with E-state index in [1.54, 1.807) is 36.4 Å². The maximum absolute atomic E-state index is 12.7. The number of nitrogens with zero attached hydrogens (tertiary/aromatic N) is 1. The number of rotatable bonds is 4. The van der Waals surface area contributed by atoms with Crippen molar-refractivity contribution in [3.63, 3.8) is 0 Å². The largest absolute Gasteiger partial charge is 0.508 e. The lowest BCUT2D eigenvalue weighted by molar-refractivity contribution is -0.139. The average molecular weight is 416 g/mol. The Hall–Kier alpha value is -2.60. The van der Waals surface area contributed by atoms with Crippen molar-refractivity contribution in [1.82, 2.24) is 4.90 Å². The Morgan fingerprint density at radius 1 is 1.15 bits per heavy atom. The molecule has 0 aromatic heterocycles. The van der Waals surface area contributed by atoms with E-state index in [0.717, 1.165) is 4.47 Å². The fourth-order valence-electron chi connectivity index (χ4n) is 3.16. The van der Waals surface area contributed by atoms with Gasteiger partial charge >= 0.3 is 0 Å². The molecule has 6 heteroatoms. The summed E-state index contributed by atoms with van der Waals surface area (Å²) < 4.78 is 0.838. The van der Waals surface area contributed by atoms with E-state index < -0.39 is 17.7 Å². The number of likely N-dealkylation sites (tertiary alicyclic amines) is 1. The van der Waals surface area contributed by atoms with E-state index in [-0.39, 0.29) is 17.1 Å². The zero-order valence-electron chi connectivity index (χ0n) is 14.1. The van der Waals surface area contributed by atoms with Gasteiger partial charge in [-0.1, -0.05) is 47.1 Å². The van der Waals surface area contributed by atoms with Crippen LogP contribution in [0.1, 0.15) is 30.5 Å². The molecule has 1 atom stereocenters. The second kappa shape index (κ2) is 7.33. The Kier molecular flexibility index (Phi) is 5.13. The van der Waals surface area contributed by atoms with Crippen molar-refractivity contribution in [1.29, 1.82) is 0 Å². The van der Waals surface area contributed by atoms with Crippen LogP contribution in [0.15, 0.2) is 58.6 Å². The molecule has 1 amide bonds. The first kappa shape index (κ1) is 18.2. The highest BCUT2D eigenvalue weighted by Gasteiger charge is 2.45. The van der Waals surface area contributed by atoms with Crippen LogP contribution in [-0.2, 0) is 9.59 Å². The molecule has 1 unspecified atom stereocenters. The Bertz CT molecular complexity index is 889. The van der Waals surface area contributed by atoms with Crippen LogP contribution in [0.5, 0.6) is 5.75 Å². The molecule has 1 aliphatic heterocycles. The fraction of sp³-hybridized carbons (Fsp3) is 0.200. The minimum absolute atomic E-state index is 0.0354. The van der Waals surface area contributed by atoms with Crippen LogP contribution in [0.25, 0.3) is 5.76 Å². The van der Waals surface area contributed by atoms with Crippen molar-refractivity contribution < 1.29 is 19.8 Å². The average Bonchev–Trinajstić information content (AvgIpc) is 2.87. The van der Waals surface area contributed by atoms with Crippen molar-refractivity contribution in [2.45, 2.75) is 19.4 Å². The number of aromatic hydroxyl groups is 1. The number of Topliss-reactive ketones (excluding diaryl/α,β-unsaturated/α-hetero) is 1. The van der Waals surface area contributed by atoms with E-state index in [2.05, 4.69) is 15.9 Å². The van der Waals surface area contributed by atoms with Gasteiger partial charge in [-0.3, -0.25) is 9.59 Å². The summed E-state index contributed by atoms with van der Waals surface area (Å²) in [5.74, 6) is -1.54. The molecule has 0 saturated carbocycles. The molecule has 3 rings (SSSR count). The maximum atomic E-state index is 12.7. The van der Waals surface area contributed by atoms with Gasteiger partial charge in [-0.2, -0.15) is 0 Å². The molecule has 1 fully saturated rings. The summed E-state index contributed by atoms with van der Waals surface area (Å²) in [6, 6.07) is 12.5. The lowest BCUT2D eigenvalue weighted by Gasteiger charge is -2.25. The summed E-state index contributed by atoms with van der Waals surface area (Å²) in [5.41, 5.74) is 1.07. The molecule has 0 radical (unpaired) electrons. The van der Waals surface area contributed by atoms with Gasteiger partial charge in [0, 0.05) is 16.6 Å². The van der Waals surface area contributed by atoms with Gasteiger partial charge in [0.05, 0.1) is 11.6 Å². The van der Waals surface area contributed by atoms with Crippen molar-refractivity contribution in [3.8, 4) is 5.75 Å².